The van der Waals surface area contributed by atoms with E-state index in [1.54, 1.807) is 26.0 Å². The summed E-state index contributed by atoms with van der Waals surface area (Å²) in [4.78, 5) is 25.8. The number of benzene rings is 2. The molecule has 0 saturated carbocycles. The van der Waals surface area contributed by atoms with Gasteiger partial charge in [-0.3, -0.25) is 14.5 Å². The Morgan fingerprint density at radius 2 is 1.37 bits per heavy atom. The summed E-state index contributed by atoms with van der Waals surface area (Å²) in [7, 11) is 0. The Labute approximate surface area is 110 Å². The number of nitrogens with zero attached hydrogens (tertiary/aromatic N) is 1. The van der Waals surface area contributed by atoms with Crippen LogP contribution in [0.5, 0.6) is 0 Å². The average molecular weight is 254 g/mol. The highest BCUT2D eigenvalue weighted by molar-refractivity contribution is 6.23. The van der Waals surface area contributed by atoms with Crippen LogP contribution in [-0.2, 0) is 0 Å². The molecule has 3 rings (SSSR count). The van der Waals surface area contributed by atoms with Crippen LogP contribution in [0.3, 0.4) is 0 Å². The Balaban J connectivity index is 2.25. The molecule has 4 heteroatoms. The summed E-state index contributed by atoms with van der Waals surface area (Å²) in [6, 6.07) is 11.2. The molecule has 0 spiro atoms. The second-order valence-corrected chi connectivity index (χ2v) is 5.34. The number of fused-ring (bicyclic) bond motifs is 2. The second kappa shape index (κ2) is 3.65. The van der Waals surface area contributed by atoms with Crippen LogP contribution in [0.15, 0.2) is 36.4 Å². The Kier molecular flexibility index (Phi) is 2.28. The van der Waals surface area contributed by atoms with Crippen LogP contribution in [0.1, 0.15) is 34.6 Å². The Hall–Kier alpha value is -2.20. The summed E-state index contributed by atoms with van der Waals surface area (Å²) in [5.74, 6) is -0.642. The van der Waals surface area contributed by atoms with E-state index in [-0.39, 0.29) is 11.8 Å². The van der Waals surface area contributed by atoms with Gasteiger partial charge in [0.1, 0.15) is 0 Å². The van der Waals surface area contributed by atoms with E-state index in [1.807, 2.05) is 24.3 Å². The smallest absolute Gasteiger partial charge is 0.263 e. The molecule has 0 aromatic heterocycles. The van der Waals surface area contributed by atoms with Crippen LogP contribution in [0, 0.1) is 0 Å². The van der Waals surface area contributed by atoms with Crippen molar-refractivity contribution in [3.05, 3.63) is 47.5 Å². The third kappa shape index (κ3) is 1.64. The van der Waals surface area contributed by atoms with Crippen molar-refractivity contribution in [3.8, 4) is 0 Å². The van der Waals surface area contributed by atoms with Crippen molar-refractivity contribution in [2.45, 2.75) is 19.5 Å². The van der Waals surface area contributed by atoms with Crippen LogP contribution >= 0.6 is 0 Å². The second-order valence-electron chi connectivity index (χ2n) is 5.34. The molecule has 0 unspecified atom stereocenters. The van der Waals surface area contributed by atoms with Gasteiger partial charge in [0, 0.05) is 0 Å². The zero-order valence-corrected chi connectivity index (χ0v) is 10.8. The first-order valence-electron chi connectivity index (χ1n) is 6.10. The third-order valence-corrected chi connectivity index (χ3v) is 3.33. The Morgan fingerprint density at radius 3 is 1.74 bits per heavy atom. The maximum atomic E-state index is 12.3. The number of imide groups is 1. The summed E-state index contributed by atoms with van der Waals surface area (Å²) in [5, 5.41) is 1.89. The number of carbonyl (C=O) groups excluding carboxylic acids is 2. The summed E-state index contributed by atoms with van der Waals surface area (Å²) in [5.41, 5.74) is 5.78. The highest BCUT2D eigenvalue weighted by Crippen LogP contribution is 2.30. The van der Waals surface area contributed by atoms with E-state index in [9.17, 15) is 9.59 Å². The summed E-state index contributed by atoms with van der Waals surface area (Å²) in [6.07, 6.45) is 0. The molecular weight excluding hydrogens is 240 g/mol. The lowest BCUT2D eigenvalue weighted by Crippen LogP contribution is -2.53. The van der Waals surface area contributed by atoms with Crippen LogP contribution in [0.4, 0.5) is 0 Å². The predicted octanol–water partition coefficient (Wildman–Crippen LogP) is 2.13. The molecule has 0 fully saturated rings. The van der Waals surface area contributed by atoms with Gasteiger partial charge in [0.15, 0.2) is 0 Å². The molecule has 1 heterocycles. The highest BCUT2D eigenvalue weighted by atomic mass is 16.2. The van der Waals surface area contributed by atoms with E-state index >= 15 is 0 Å². The normalized spacial score (nSPS) is 15.2. The molecule has 0 bridgehead atoms. The van der Waals surface area contributed by atoms with Crippen molar-refractivity contribution in [2.24, 2.45) is 5.73 Å². The molecule has 1 aliphatic heterocycles. The van der Waals surface area contributed by atoms with Gasteiger partial charge in [0.2, 0.25) is 0 Å². The maximum absolute atomic E-state index is 12.3. The number of nitrogens with two attached hydrogens (primary N) is 1. The first-order chi connectivity index (χ1) is 8.89. The molecule has 2 amide bonds. The molecule has 4 nitrogen and oxygen atoms in total. The number of amides is 2. The first-order valence-corrected chi connectivity index (χ1v) is 6.10. The predicted molar refractivity (Wildman–Crippen MR) is 72.7 cm³/mol. The van der Waals surface area contributed by atoms with Gasteiger partial charge < -0.3 is 5.73 Å². The van der Waals surface area contributed by atoms with E-state index in [0.29, 0.717) is 11.1 Å². The fourth-order valence-electron chi connectivity index (χ4n) is 2.45. The molecule has 1 aliphatic rings. The van der Waals surface area contributed by atoms with Gasteiger partial charge in [-0.05, 0) is 36.8 Å². The Bertz CT molecular complexity index is 659. The molecule has 96 valence electrons. The quantitative estimate of drug-likeness (QED) is 0.793. The van der Waals surface area contributed by atoms with Gasteiger partial charge in [-0.15, -0.1) is 0 Å². The molecule has 0 atom stereocenters. The number of hydrogen-bond donors (Lipinski definition) is 1. The van der Waals surface area contributed by atoms with E-state index in [2.05, 4.69) is 0 Å². The van der Waals surface area contributed by atoms with Crippen molar-refractivity contribution in [1.82, 2.24) is 4.90 Å². The van der Waals surface area contributed by atoms with Gasteiger partial charge in [-0.25, -0.2) is 0 Å². The molecule has 0 saturated heterocycles. The SMILES string of the molecule is CC(C)(N)N1C(=O)c2cc3ccccc3cc2C1=O. The van der Waals surface area contributed by atoms with Gasteiger partial charge in [0.05, 0.1) is 16.8 Å². The third-order valence-electron chi connectivity index (χ3n) is 3.33. The van der Waals surface area contributed by atoms with E-state index in [0.717, 1.165) is 15.7 Å². The maximum Gasteiger partial charge on any atom is 0.263 e. The first kappa shape index (κ1) is 11.9. The van der Waals surface area contributed by atoms with Crippen molar-refractivity contribution in [3.63, 3.8) is 0 Å². The average Bonchev–Trinajstić information content (AvgIpc) is 2.59. The molecular formula is C15H14N2O2. The topological polar surface area (TPSA) is 63.4 Å². The zero-order chi connectivity index (χ0) is 13.8. The van der Waals surface area contributed by atoms with Crippen LogP contribution in [-0.4, -0.2) is 22.4 Å². The van der Waals surface area contributed by atoms with Crippen LogP contribution in [0.25, 0.3) is 10.8 Å². The van der Waals surface area contributed by atoms with Gasteiger partial charge >= 0.3 is 0 Å². The molecule has 2 aromatic rings. The summed E-state index contributed by atoms with van der Waals surface area (Å²) < 4.78 is 0. The standard InChI is InChI=1S/C15H14N2O2/c1-15(2,16)17-13(18)11-7-9-5-3-4-6-10(9)8-12(11)14(17)19/h3-8H,16H2,1-2H3. The Morgan fingerprint density at radius 1 is 0.947 bits per heavy atom. The van der Waals surface area contributed by atoms with E-state index < -0.39 is 5.66 Å². The minimum absolute atomic E-state index is 0.321. The van der Waals surface area contributed by atoms with Crippen molar-refractivity contribution in [1.29, 1.82) is 0 Å². The van der Waals surface area contributed by atoms with Gasteiger partial charge in [0.25, 0.3) is 11.8 Å². The fraction of sp³-hybridized carbons (Fsp3) is 0.200. The minimum Gasteiger partial charge on any atom is -0.309 e. The monoisotopic (exact) mass is 254 g/mol. The van der Waals surface area contributed by atoms with Crippen molar-refractivity contribution >= 4 is 22.6 Å². The van der Waals surface area contributed by atoms with Crippen LogP contribution < -0.4 is 5.73 Å². The molecule has 19 heavy (non-hydrogen) atoms. The lowest BCUT2D eigenvalue weighted by atomic mass is 10.0. The minimum atomic E-state index is -1.00. The lowest BCUT2D eigenvalue weighted by molar-refractivity contribution is 0.0491. The number of rotatable bonds is 1. The van der Waals surface area contributed by atoms with Gasteiger partial charge in [-0.2, -0.15) is 0 Å². The number of hydrogen-bond acceptors (Lipinski definition) is 3. The highest BCUT2D eigenvalue weighted by Gasteiger charge is 2.42. The van der Waals surface area contributed by atoms with Gasteiger partial charge in [-0.1, -0.05) is 24.3 Å². The summed E-state index contributed by atoms with van der Waals surface area (Å²) >= 11 is 0. The summed E-state index contributed by atoms with van der Waals surface area (Å²) in [6.45, 7) is 3.29. The van der Waals surface area contributed by atoms with Crippen molar-refractivity contribution in [2.75, 3.05) is 0 Å². The van der Waals surface area contributed by atoms with Crippen LogP contribution in [0.2, 0.25) is 0 Å². The number of carbonyl (C=O) groups is 2. The lowest BCUT2D eigenvalue weighted by Gasteiger charge is -2.29. The molecule has 2 aromatic carbocycles. The zero-order valence-electron chi connectivity index (χ0n) is 10.8. The van der Waals surface area contributed by atoms with E-state index in [4.69, 9.17) is 5.73 Å². The van der Waals surface area contributed by atoms with E-state index in [1.165, 1.54) is 0 Å². The molecule has 2 N–H and O–H groups in total. The largest absolute Gasteiger partial charge is 0.309 e. The molecule has 0 radical (unpaired) electrons. The molecule has 0 aliphatic carbocycles. The van der Waals surface area contributed by atoms with Crippen molar-refractivity contribution < 1.29 is 9.59 Å². The fourth-order valence-corrected chi connectivity index (χ4v) is 2.45.